The zero-order valence-corrected chi connectivity index (χ0v) is 7.88. The van der Waals surface area contributed by atoms with Crippen molar-refractivity contribution in [3.8, 4) is 0 Å². The summed E-state index contributed by atoms with van der Waals surface area (Å²) in [5.41, 5.74) is 0. The van der Waals surface area contributed by atoms with Crippen LogP contribution in [0.2, 0.25) is 0 Å². The maximum Gasteiger partial charge on any atom is 0.251 e. The van der Waals surface area contributed by atoms with Crippen molar-refractivity contribution in [1.82, 2.24) is 4.90 Å². The molecule has 0 aliphatic carbocycles. The Hall–Kier alpha value is -0.570. The highest BCUT2D eigenvalue weighted by Gasteiger charge is 2.21. The number of nitrogens with zero attached hydrogens (tertiary/aromatic N) is 1. The summed E-state index contributed by atoms with van der Waals surface area (Å²) in [6.07, 6.45) is 3.26. The van der Waals surface area contributed by atoms with Crippen LogP contribution in [-0.2, 0) is 9.53 Å². The molecular formula is C9H17NO2. The lowest BCUT2D eigenvalue weighted by atomic mass is 10.1. The maximum atomic E-state index is 11.5. The predicted molar refractivity (Wildman–Crippen MR) is 46.9 cm³/mol. The fraction of sp³-hybridized carbons (Fsp3) is 0.889. The second kappa shape index (κ2) is 4.45. The van der Waals surface area contributed by atoms with Gasteiger partial charge in [0.25, 0.3) is 5.91 Å². The number of amides is 1. The molecule has 3 nitrogen and oxygen atoms in total. The van der Waals surface area contributed by atoms with E-state index in [2.05, 4.69) is 0 Å². The van der Waals surface area contributed by atoms with Gasteiger partial charge in [-0.2, -0.15) is 0 Å². The second-order valence-corrected chi connectivity index (χ2v) is 3.26. The van der Waals surface area contributed by atoms with Gasteiger partial charge in [0.05, 0.1) is 0 Å². The highest BCUT2D eigenvalue weighted by Crippen LogP contribution is 2.10. The molecule has 12 heavy (non-hydrogen) atoms. The molecule has 0 spiro atoms. The van der Waals surface area contributed by atoms with Crippen LogP contribution >= 0.6 is 0 Å². The van der Waals surface area contributed by atoms with Crippen LogP contribution in [-0.4, -0.2) is 37.1 Å². The van der Waals surface area contributed by atoms with Crippen molar-refractivity contribution >= 4 is 5.91 Å². The smallest absolute Gasteiger partial charge is 0.251 e. The fourth-order valence-corrected chi connectivity index (χ4v) is 1.47. The third-order valence-electron chi connectivity index (χ3n) is 2.37. The van der Waals surface area contributed by atoms with Gasteiger partial charge in [0.2, 0.25) is 0 Å². The van der Waals surface area contributed by atoms with Crippen LogP contribution in [0, 0.1) is 0 Å². The van der Waals surface area contributed by atoms with Crippen molar-refractivity contribution in [2.75, 3.05) is 20.2 Å². The molecule has 1 unspecified atom stereocenters. The zero-order chi connectivity index (χ0) is 8.97. The average Bonchev–Trinajstić information content (AvgIpc) is 2.17. The molecule has 0 N–H and O–H groups in total. The molecule has 1 saturated heterocycles. The van der Waals surface area contributed by atoms with Crippen LogP contribution in [0.4, 0.5) is 0 Å². The van der Waals surface area contributed by atoms with E-state index in [1.807, 2.05) is 4.90 Å². The zero-order valence-electron chi connectivity index (χ0n) is 7.88. The van der Waals surface area contributed by atoms with Crippen LogP contribution in [0.25, 0.3) is 0 Å². The first-order valence-electron chi connectivity index (χ1n) is 4.57. The first-order valence-corrected chi connectivity index (χ1v) is 4.57. The third kappa shape index (κ3) is 2.21. The van der Waals surface area contributed by atoms with E-state index in [0.29, 0.717) is 0 Å². The number of carbonyl (C=O) groups excluding carboxylic acids is 1. The molecule has 0 bridgehead atoms. The molecule has 0 radical (unpaired) electrons. The summed E-state index contributed by atoms with van der Waals surface area (Å²) in [4.78, 5) is 13.4. The highest BCUT2D eigenvalue weighted by molar-refractivity contribution is 5.80. The number of carbonyl (C=O) groups is 1. The lowest BCUT2D eigenvalue weighted by Gasteiger charge is -2.28. The normalized spacial score (nSPS) is 20.7. The molecular weight excluding hydrogens is 154 g/mol. The van der Waals surface area contributed by atoms with Crippen molar-refractivity contribution in [2.45, 2.75) is 32.3 Å². The number of hydrogen-bond donors (Lipinski definition) is 0. The molecule has 0 aromatic heterocycles. The molecule has 0 aromatic carbocycles. The summed E-state index contributed by atoms with van der Waals surface area (Å²) in [6.45, 7) is 3.62. The van der Waals surface area contributed by atoms with Gasteiger partial charge in [-0.15, -0.1) is 0 Å². The van der Waals surface area contributed by atoms with E-state index in [1.165, 1.54) is 6.42 Å². The average molecular weight is 171 g/mol. The SMILES string of the molecule is COC(C)C(=O)N1CCCCC1. The van der Waals surface area contributed by atoms with E-state index in [9.17, 15) is 4.79 Å². The fourth-order valence-electron chi connectivity index (χ4n) is 1.47. The van der Waals surface area contributed by atoms with Gasteiger partial charge in [0, 0.05) is 20.2 Å². The molecule has 1 amide bonds. The lowest BCUT2D eigenvalue weighted by molar-refractivity contribution is -0.141. The van der Waals surface area contributed by atoms with E-state index < -0.39 is 0 Å². The molecule has 1 atom stereocenters. The Balaban J connectivity index is 2.39. The topological polar surface area (TPSA) is 29.5 Å². The van der Waals surface area contributed by atoms with E-state index in [-0.39, 0.29) is 12.0 Å². The molecule has 3 heteroatoms. The summed E-state index contributed by atoms with van der Waals surface area (Å²) in [5, 5.41) is 0. The predicted octanol–water partition coefficient (Wildman–Crippen LogP) is 1.03. The number of piperidine rings is 1. The van der Waals surface area contributed by atoms with Gasteiger partial charge in [-0.25, -0.2) is 0 Å². The van der Waals surface area contributed by atoms with E-state index >= 15 is 0 Å². The summed E-state index contributed by atoms with van der Waals surface area (Å²) in [7, 11) is 1.58. The maximum absolute atomic E-state index is 11.5. The number of likely N-dealkylation sites (tertiary alicyclic amines) is 1. The van der Waals surface area contributed by atoms with Crippen LogP contribution in [0.5, 0.6) is 0 Å². The minimum atomic E-state index is -0.275. The molecule has 0 saturated carbocycles. The van der Waals surface area contributed by atoms with Crippen molar-refractivity contribution in [1.29, 1.82) is 0 Å². The molecule has 0 aromatic rings. The largest absolute Gasteiger partial charge is 0.372 e. The van der Waals surface area contributed by atoms with Crippen LogP contribution in [0.3, 0.4) is 0 Å². The molecule has 1 aliphatic rings. The Morgan fingerprint density at radius 1 is 1.33 bits per heavy atom. The van der Waals surface area contributed by atoms with Crippen LogP contribution in [0.1, 0.15) is 26.2 Å². The number of rotatable bonds is 2. The molecule has 1 rings (SSSR count). The lowest BCUT2D eigenvalue weighted by Crippen LogP contribution is -2.41. The van der Waals surface area contributed by atoms with Gasteiger partial charge in [-0.3, -0.25) is 4.79 Å². The van der Waals surface area contributed by atoms with Gasteiger partial charge >= 0.3 is 0 Å². The van der Waals surface area contributed by atoms with Crippen molar-refractivity contribution < 1.29 is 9.53 Å². The molecule has 70 valence electrons. The first-order chi connectivity index (χ1) is 5.75. The minimum Gasteiger partial charge on any atom is -0.372 e. The van der Waals surface area contributed by atoms with Crippen molar-refractivity contribution in [2.24, 2.45) is 0 Å². The number of ether oxygens (including phenoxy) is 1. The van der Waals surface area contributed by atoms with Gasteiger partial charge in [0.15, 0.2) is 0 Å². The highest BCUT2D eigenvalue weighted by atomic mass is 16.5. The Bertz CT molecular complexity index is 153. The van der Waals surface area contributed by atoms with E-state index in [0.717, 1.165) is 25.9 Å². The van der Waals surface area contributed by atoms with Crippen LogP contribution in [0.15, 0.2) is 0 Å². The van der Waals surface area contributed by atoms with Gasteiger partial charge in [-0.1, -0.05) is 0 Å². The number of hydrogen-bond acceptors (Lipinski definition) is 2. The first kappa shape index (κ1) is 9.52. The Kier molecular flexibility index (Phi) is 3.53. The second-order valence-electron chi connectivity index (χ2n) is 3.26. The summed E-state index contributed by atoms with van der Waals surface area (Å²) >= 11 is 0. The molecule has 1 heterocycles. The standard InChI is InChI=1S/C9H17NO2/c1-8(12-2)9(11)10-6-4-3-5-7-10/h8H,3-7H2,1-2H3. The van der Waals surface area contributed by atoms with Crippen molar-refractivity contribution in [3.63, 3.8) is 0 Å². The molecule has 1 fully saturated rings. The van der Waals surface area contributed by atoms with Gasteiger partial charge in [0.1, 0.15) is 6.10 Å². The molecule has 1 aliphatic heterocycles. The minimum absolute atomic E-state index is 0.136. The Morgan fingerprint density at radius 2 is 1.92 bits per heavy atom. The van der Waals surface area contributed by atoms with E-state index in [1.54, 1.807) is 14.0 Å². The van der Waals surface area contributed by atoms with Crippen molar-refractivity contribution in [3.05, 3.63) is 0 Å². The Labute approximate surface area is 73.7 Å². The van der Waals surface area contributed by atoms with Gasteiger partial charge < -0.3 is 9.64 Å². The summed E-state index contributed by atoms with van der Waals surface area (Å²) < 4.78 is 4.97. The quantitative estimate of drug-likeness (QED) is 0.621. The van der Waals surface area contributed by atoms with E-state index in [4.69, 9.17) is 4.74 Å². The van der Waals surface area contributed by atoms with Crippen LogP contribution < -0.4 is 0 Å². The summed E-state index contributed by atoms with van der Waals surface area (Å²) in [6, 6.07) is 0. The monoisotopic (exact) mass is 171 g/mol. The third-order valence-corrected chi connectivity index (χ3v) is 2.37. The van der Waals surface area contributed by atoms with Gasteiger partial charge in [-0.05, 0) is 26.2 Å². The summed E-state index contributed by atoms with van der Waals surface area (Å²) in [5.74, 6) is 0.136. The number of methoxy groups -OCH3 is 1. The Morgan fingerprint density at radius 3 is 2.42 bits per heavy atom.